The largest absolute Gasteiger partial charge is 0.497 e. The normalized spacial score (nSPS) is 21.3. The van der Waals surface area contributed by atoms with E-state index in [4.69, 9.17) is 19.2 Å². The molecule has 0 saturated carbocycles. The van der Waals surface area contributed by atoms with Gasteiger partial charge in [0.25, 0.3) is 0 Å². The van der Waals surface area contributed by atoms with Gasteiger partial charge in [0.1, 0.15) is 23.1 Å². The van der Waals surface area contributed by atoms with Crippen molar-refractivity contribution >= 4 is 22.8 Å². The summed E-state index contributed by atoms with van der Waals surface area (Å²) in [6.45, 7) is 10.3. The number of amides is 1. The fraction of sp³-hybridized carbons (Fsp3) is 0.581. The minimum absolute atomic E-state index is 0.000786. The third-order valence-corrected chi connectivity index (χ3v) is 8.10. The predicted octanol–water partition coefficient (Wildman–Crippen LogP) is 5.98. The Kier molecular flexibility index (Phi) is 8.64. The van der Waals surface area contributed by atoms with Crippen molar-refractivity contribution in [3.05, 3.63) is 42.1 Å². The molecule has 2 aliphatic heterocycles. The highest BCUT2D eigenvalue weighted by molar-refractivity contribution is 5.88. The quantitative estimate of drug-likeness (QED) is 0.217. The summed E-state index contributed by atoms with van der Waals surface area (Å²) in [6.07, 6.45) is 8.76. The van der Waals surface area contributed by atoms with Crippen molar-refractivity contribution in [2.45, 2.75) is 89.7 Å². The first-order valence-corrected chi connectivity index (χ1v) is 13.9. The monoisotopic (exact) mass is 522 g/mol. The van der Waals surface area contributed by atoms with Gasteiger partial charge in [-0.05, 0) is 56.2 Å². The number of aryl methyl sites for hydroxylation is 1. The van der Waals surface area contributed by atoms with Crippen LogP contribution in [0.3, 0.4) is 0 Å². The number of rotatable bonds is 10. The zero-order chi connectivity index (χ0) is 27.4. The van der Waals surface area contributed by atoms with Crippen LogP contribution in [0, 0.1) is 5.92 Å². The first-order valence-electron chi connectivity index (χ1n) is 13.9. The van der Waals surface area contributed by atoms with Gasteiger partial charge in [0.15, 0.2) is 0 Å². The van der Waals surface area contributed by atoms with Crippen LogP contribution in [0.15, 0.2) is 30.9 Å². The number of pyridine rings is 1. The molecule has 206 valence electrons. The van der Waals surface area contributed by atoms with Crippen LogP contribution in [0.5, 0.6) is 11.5 Å². The van der Waals surface area contributed by atoms with E-state index in [0.717, 1.165) is 72.2 Å². The van der Waals surface area contributed by atoms with Crippen LogP contribution in [0.2, 0.25) is 0 Å². The number of carbonyl (C=O) groups excluding carboxylic acids is 2. The number of fused-ring (bicyclic) bond motifs is 3. The molecule has 3 heterocycles. The van der Waals surface area contributed by atoms with Gasteiger partial charge >= 0.3 is 5.97 Å². The highest BCUT2D eigenvalue weighted by atomic mass is 16.5. The minimum atomic E-state index is -0.650. The fourth-order valence-corrected chi connectivity index (χ4v) is 5.92. The van der Waals surface area contributed by atoms with Crippen molar-refractivity contribution in [3.63, 3.8) is 0 Å². The summed E-state index contributed by atoms with van der Waals surface area (Å²) in [4.78, 5) is 33.2. The molecule has 1 saturated heterocycles. The van der Waals surface area contributed by atoms with Crippen LogP contribution in [0.1, 0.15) is 82.9 Å². The van der Waals surface area contributed by atoms with Crippen LogP contribution < -0.4 is 9.47 Å². The van der Waals surface area contributed by atoms with Crippen LogP contribution in [0.4, 0.5) is 0 Å². The predicted molar refractivity (Wildman–Crippen MR) is 149 cm³/mol. The number of hydrogen-bond donors (Lipinski definition) is 0. The molecule has 0 radical (unpaired) electrons. The van der Waals surface area contributed by atoms with Crippen molar-refractivity contribution in [3.8, 4) is 11.5 Å². The standard InChI is InChI=1S/C31H42N2O5/c1-7-8-9-10-11-12-21(4)29(34)33-19-31(18-26(33)30(35)37-6)16-15-23-24-17-22(36-5)13-14-25(24)32-27(20(2)3)28(23)38-31/h7,13-14,17,20-21,26H,1,8-12,15-16,18-19H2,2-6H3/t21-,26-,31-/m0/s1. The molecule has 4 rings (SSSR count). The van der Waals surface area contributed by atoms with Gasteiger partial charge in [-0.25, -0.2) is 9.78 Å². The van der Waals surface area contributed by atoms with E-state index in [1.54, 1.807) is 12.0 Å². The first-order chi connectivity index (χ1) is 18.2. The van der Waals surface area contributed by atoms with Crippen molar-refractivity contribution in [2.24, 2.45) is 5.92 Å². The number of unbranched alkanes of at least 4 members (excludes halogenated alkanes) is 3. The van der Waals surface area contributed by atoms with Crippen molar-refractivity contribution in [1.29, 1.82) is 0 Å². The van der Waals surface area contributed by atoms with Gasteiger partial charge in [0.2, 0.25) is 5.91 Å². The Bertz CT molecular complexity index is 1190. The molecule has 1 aromatic carbocycles. The highest BCUT2D eigenvalue weighted by Crippen LogP contribution is 2.46. The second-order valence-corrected chi connectivity index (χ2v) is 11.2. The number of allylic oxidation sites excluding steroid dienone is 1. The second kappa shape index (κ2) is 11.7. The Morgan fingerprint density at radius 1 is 1.24 bits per heavy atom. The maximum atomic E-state index is 13.6. The third-order valence-electron chi connectivity index (χ3n) is 8.10. The minimum Gasteiger partial charge on any atom is -0.497 e. The molecule has 1 aromatic heterocycles. The number of hydrogen-bond acceptors (Lipinski definition) is 6. The maximum Gasteiger partial charge on any atom is 0.328 e. The molecule has 7 heteroatoms. The molecule has 0 N–H and O–H groups in total. The van der Waals surface area contributed by atoms with Gasteiger partial charge in [-0.3, -0.25) is 4.79 Å². The summed E-state index contributed by atoms with van der Waals surface area (Å²) in [6, 6.07) is 5.30. The third kappa shape index (κ3) is 5.52. The zero-order valence-corrected chi connectivity index (χ0v) is 23.5. The first kappa shape index (κ1) is 27.9. The van der Waals surface area contributed by atoms with Crippen molar-refractivity contribution < 1.29 is 23.8 Å². The number of likely N-dealkylation sites (tertiary alicyclic amines) is 1. The molecule has 7 nitrogen and oxygen atoms in total. The zero-order valence-electron chi connectivity index (χ0n) is 23.5. The van der Waals surface area contributed by atoms with E-state index in [1.165, 1.54) is 7.11 Å². The number of methoxy groups -OCH3 is 2. The Morgan fingerprint density at radius 2 is 2.03 bits per heavy atom. The van der Waals surface area contributed by atoms with E-state index in [1.807, 2.05) is 31.2 Å². The molecular weight excluding hydrogens is 480 g/mol. The topological polar surface area (TPSA) is 78.0 Å². The molecular formula is C31H42N2O5. The molecule has 1 spiro atoms. The lowest BCUT2D eigenvalue weighted by Crippen LogP contribution is -2.46. The number of benzene rings is 1. The van der Waals surface area contributed by atoms with E-state index in [9.17, 15) is 9.59 Å². The Balaban J connectivity index is 1.62. The van der Waals surface area contributed by atoms with E-state index < -0.39 is 11.6 Å². The average Bonchev–Trinajstić information content (AvgIpc) is 3.29. The number of carbonyl (C=O) groups is 2. The summed E-state index contributed by atoms with van der Waals surface area (Å²) >= 11 is 0. The summed E-state index contributed by atoms with van der Waals surface area (Å²) < 4.78 is 17.5. The van der Waals surface area contributed by atoms with Crippen LogP contribution in [-0.2, 0) is 20.7 Å². The smallest absolute Gasteiger partial charge is 0.328 e. The fourth-order valence-electron chi connectivity index (χ4n) is 5.92. The van der Waals surface area contributed by atoms with Gasteiger partial charge in [-0.1, -0.05) is 39.7 Å². The lowest BCUT2D eigenvalue weighted by Gasteiger charge is -2.37. The van der Waals surface area contributed by atoms with Crippen LogP contribution >= 0.6 is 0 Å². The van der Waals surface area contributed by atoms with Gasteiger partial charge < -0.3 is 19.1 Å². The lowest BCUT2D eigenvalue weighted by molar-refractivity contribution is -0.152. The molecule has 38 heavy (non-hydrogen) atoms. The number of ether oxygens (including phenoxy) is 3. The lowest BCUT2D eigenvalue weighted by atomic mass is 9.86. The SMILES string of the molecule is C=CCCCCC[C@H](C)C(=O)N1C[C@]2(CCc3c(c(C(C)C)nc4ccc(OC)cc34)O2)C[C@H]1C(=O)OC. The van der Waals surface area contributed by atoms with Crippen LogP contribution in [0.25, 0.3) is 10.9 Å². The van der Waals surface area contributed by atoms with E-state index in [-0.39, 0.29) is 23.7 Å². The van der Waals surface area contributed by atoms with Gasteiger partial charge in [-0.2, -0.15) is 0 Å². The average molecular weight is 523 g/mol. The molecule has 0 bridgehead atoms. The summed E-state index contributed by atoms with van der Waals surface area (Å²) in [7, 11) is 3.05. The van der Waals surface area contributed by atoms with E-state index in [2.05, 4.69) is 20.4 Å². The summed E-state index contributed by atoms with van der Waals surface area (Å²) in [5, 5.41) is 1.03. The molecule has 0 unspecified atom stereocenters. The van der Waals surface area contributed by atoms with Crippen molar-refractivity contribution in [2.75, 3.05) is 20.8 Å². The van der Waals surface area contributed by atoms with Gasteiger partial charge in [-0.15, -0.1) is 6.58 Å². The van der Waals surface area contributed by atoms with Crippen molar-refractivity contribution in [1.82, 2.24) is 9.88 Å². The van der Waals surface area contributed by atoms with Gasteiger partial charge in [0, 0.05) is 23.3 Å². The van der Waals surface area contributed by atoms with E-state index >= 15 is 0 Å². The number of nitrogens with zero attached hydrogens (tertiary/aromatic N) is 2. The van der Waals surface area contributed by atoms with Crippen LogP contribution in [-0.4, -0.2) is 54.2 Å². The Labute approximate surface area is 226 Å². The second-order valence-electron chi connectivity index (χ2n) is 11.2. The molecule has 2 aliphatic rings. The molecule has 2 aromatic rings. The molecule has 3 atom stereocenters. The molecule has 0 aliphatic carbocycles. The molecule has 1 amide bonds. The Hall–Kier alpha value is -3.09. The Morgan fingerprint density at radius 3 is 2.71 bits per heavy atom. The summed E-state index contributed by atoms with van der Waals surface area (Å²) in [5.74, 6) is 1.18. The van der Waals surface area contributed by atoms with E-state index in [0.29, 0.717) is 19.4 Å². The number of aromatic nitrogens is 1. The molecule has 1 fully saturated rings. The van der Waals surface area contributed by atoms with Gasteiger partial charge in [0.05, 0.1) is 32.0 Å². The summed E-state index contributed by atoms with van der Waals surface area (Å²) in [5.41, 5.74) is 2.30. The highest BCUT2D eigenvalue weighted by Gasteiger charge is 2.53. The maximum absolute atomic E-state index is 13.6. The number of esters is 1.